The van der Waals surface area contributed by atoms with Gasteiger partial charge in [0.25, 0.3) is 11.7 Å². The first kappa shape index (κ1) is 23.1. The Morgan fingerprint density at radius 1 is 1.09 bits per heavy atom. The Kier molecular flexibility index (Phi) is 6.91. The fourth-order valence-corrected chi connectivity index (χ4v) is 4.56. The number of aliphatic hydroxyl groups excluding tert-OH is 1. The molecule has 0 aliphatic carbocycles. The number of amides is 1. The number of nitrogens with zero attached hydrogens (tertiary/aromatic N) is 2. The van der Waals surface area contributed by atoms with Crippen molar-refractivity contribution in [2.24, 2.45) is 0 Å². The minimum atomic E-state index is -0.842. The van der Waals surface area contributed by atoms with Gasteiger partial charge in [0, 0.05) is 31.7 Å². The van der Waals surface area contributed by atoms with Gasteiger partial charge in [-0.05, 0) is 49.6 Å². The van der Waals surface area contributed by atoms with E-state index in [0.717, 1.165) is 30.8 Å². The molecule has 0 bridgehead atoms. The molecule has 0 saturated carbocycles. The first-order valence-electron chi connectivity index (χ1n) is 11.3. The van der Waals surface area contributed by atoms with Crippen LogP contribution in [0, 0.1) is 19.7 Å². The Morgan fingerprint density at radius 3 is 2.58 bits per heavy atom. The molecule has 0 spiro atoms. The molecule has 2 heterocycles. The van der Waals surface area contributed by atoms with E-state index in [-0.39, 0.29) is 11.3 Å². The molecular weight excluding hydrogens is 423 g/mol. The molecule has 2 aromatic carbocycles. The van der Waals surface area contributed by atoms with Gasteiger partial charge >= 0.3 is 0 Å². The third kappa shape index (κ3) is 4.84. The number of carbonyl (C=O) groups excluding carboxylic acids is 2. The van der Waals surface area contributed by atoms with Crippen LogP contribution in [0.5, 0.6) is 0 Å². The molecule has 1 unspecified atom stereocenters. The Hall–Kier alpha value is -3.03. The number of aryl methyl sites for hydroxylation is 2. The van der Waals surface area contributed by atoms with Gasteiger partial charge in [-0.15, -0.1) is 0 Å². The lowest BCUT2D eigenvalue weighted by Crippen LogP contribution is -2.39. The molecule has 2 saturated heterocycles. The van der Waals surface area contributed by atoms with Crippen molar-refractivity contribution in [3.8, 4) is 0 Å². The van der Waals surface area contributed by atoms with Crippen LogP contribution >= 0.6 is 0 Å². The topological polar surface area (TPSA) is 70.1 Å². The average molecular weight is 453 g/mol. The van der Waals surface area contributed by atoms with E-state index in [0.29, 0.717) is 37.3 Å². The van der Waals surface area contributed by atoms with Crippen LogP contribution in [0.2, 0.25) is 0 Å². The van der Waals surface area contributed by atoms with E-state index in [1.165, 1.54) is 17.0 Å². The van der Waals surface area contributed by atoms with E-state index in [1.807, 2.05) is 26.0 Å². The molecule has 1 amide bonds. The second-order valence-corrected chi connectivity index (χ2v) is 8.67. The number of benzene rings is 2. The number of morpholine rings is 1. The highest BCUT2D eigenvalue weighted by molar-refractivity contribution is 6.46. The lowest BCUT2D eigenvalue weighted by atomic mass is 9.93. The van der Waals surface area contributed by atoms with Gasteiger partial charge in [0.05, 0.1) is 24.8 Å². The fraction of sp³-hybridized carbons (Fsp3) is 0.385. The lowest BCUT2D eigenvalue weighted by molar-refractivity contribution is -0.140. The van der Waals surface area contributed by atoms with E-state index < -0.39 is 23.5 Å². The molecule has 33 heavy (non-hydrogen) atoms. The number of halogens is 1. The van der Waals surface area contributed by atoms with E-state index >= 15 is 0 Å². The van der Waals surface area contributed by atoms with Crippen molar-refractivity contribution in [2.75, 3.05) is 39.4 Å². The first-order chi connectivity index (χ1) is 15.9. The number of hydrogen-bond acceptors (Lipinski definition) is 5. The van der Waals surface area contributed by atoms with Gasteiger partial charge in [0.2, 0.25) is 0 Å². The zero-order valence-electron chi connectivity index (χ0n) is 19.0. The summed E-state index contributed by atoms with van der Waals surface area (Å²) < 4.78 is 19.5. The summed E-state index contributed by atoms with van der Waals surface area (Å²) in [4.78, 5) is 29.9. The smallest absolute Gasteiger partial charge is 0.295 e. The van der Waals surface area contributed by atoms with Crippen LogP contribution in [0.15, 0.2) is 48.0 Å². The molecule has 174 valence electrons. The van der Waals surface area contributed by atoms with Crippen molar-refractivity contribution >= 4 is 17.4 Å². The molecule has 2 fully saturated rings. The van der Waals surface area contributed by atoms with Gasteiger partial charge in [-0.2, -0.15) is 0 Å². The number of ether oxygens (including phenoxy) is 1. The highest BCUT2D eigenvalue weighted by Gasteiger charge is 2.46. The van der Waals surface area contributed by atoms with Crippen molar-refractivity contribution in [2.45, 2.75) is 26.3 Å². The van der Waals surface area contributed by atoms with Crippen molar-refractivity contribution in [1.29, 1.82) is 0 Å². The monoisotopic (exact) mass is 452 g/mol. The van der Waals surface area contributed by atoms with Crippen LogP contribution in [0.1, 0.15) is 34.7 Å². The van der Waals surface area contributed by atoms with Gasteiger partial charge in [-0.1, -0.05) is 29.8 Å². The standard InChI is InChI=1S/C26H29FN2O4/c1-17-7-8-18(2)21(15-17)24(30)22-23(19-5-3-6-20(27)16-19)29(26(32)25(22)31)10-4-9-28-11-13-33-14-12-28/h3,5-8,15-16,23,30H,4,9-14H2,1-2H3/b24-22+. The second-order valence-electron chi connectivity index (χ2n) is 8.67. The maximum Gasteiger partial charge on any atom is 0.295 e. The molecular formula is C26H29FN2O4. The summed E-state index contributed by atoms with van der Waals surface area (Å²) in [6.07, 6.45) is 0.655. The third-order valence-corrected chi connectivity index (χ3v) is 6.33. The van der Waals surface area contributed by atoms with Crippen molar-refractivity contribution < 1.29 is 23.8 Å². The van der Waals surface area contributed by atoms with Crippen LogP contribution in [0.25, 0.3) is 5.76 Å². The Labute approximate surface area is 193 Å². The molecule has 2 aromatic rings. The van der Waals surface area contributed by atoms with Gasteiger partial charge in [-0.3, -0.25) is 14.5 Å². The highest BCUT2D eigenvalue weighted by Crippen LogP contribution is 2.40. The predicted octanol–water partition coefficient (Wildman–Crippen LogP) is 3.59. The summed E-state index contributed by atoms with van der Waals surface area (Å²) in [6.45, 7) is 7.85. The number of rotatable bonds is 6. The van der Waals surface area contributed by atoms with E-state index in [1.54, 1.807) is 18.2 Å². The Morgan fingerprint density at radius 2 is 1.85 bits per heavy atom. The number of hydrogen-bond donors (Lipinski definition) is 1. The molecule has 0 radical (unpaired) electrons. The number of carbonyl (C=O) groups is 2. The summed E-state index contributed by atoms with van der Waals surface area (Å²) >= 11 is 0. The number of likely N-dealkylation sites (tertiary alicyclic amines) is 1. The van der Waals surface area contributed by atoms with Crippen LogP contribution in [-0.4, -0.2) is 66.0 Å². The number of ketones is 1. The Bertz CT molecular complexity index is 1090. The van der Waals surface area contributed by atoms with Gasteiger partial charge in [0.1, 0.15) is 11.6 Å². The van der Waals surface area contributed by atoms with Crippen LogP contribution in [0.3, 0.4) is 0 Å². The molecule has 7 heteroatoms. The van der Waals surface area contributed by atoms with Crippen LogP contribution in [0.4, 0.5) is 4.39 Å². The van der Waals surface area contributed by atoms with E-state index in [9.17, 15) is 19.1 Å². The van der Waals surface area contributed by atoms with E-state index in [2.05, 4.69) is 4.90 Å². The average Bonchev–Trinajstić information content (AvgIpc) is 3.06. The molecule has 1 N–H and O–H groups in total. The van der Waals surface area contributed by atoms with Gasteiger partial charge in [-0.25, -0.2) is 4.39 Å². The summed E-state index contributed by atoms with van der Waals surface area (Å²) in [5, 5.41) is 11.2. The van der Waals surface area contributed by atoms with Crippen LogP contribution in [-0.2, 0) is 14.3 Å². The zero-order valence-corrected chi connectivity index (χ0v) is 19.0. The molecule has 0 aromatic heterocycles. The second kappa shape index (κ2) is 9.85. The zero-order chi connectivity index (χ0) is 23.5. The first-order valence-corrected chi connectivity index (χ1v) is 11.3. The van der Waals surface area contributed by atoms with Crippen LogP contribution < -0.4 is 0 Å². The fourth-order valence-electron chi connectivity index (χ4n) is 4.56. The normalized spacial score (nSPS) is 21.1. The van der Waals surface area contributed by atoms with Crippen molar-refractivity contribution in [1.82, 2.24) is 9.80 Å². The summed E-state index contributed by atoms with van der Waals surface area (Å²) in [7, 11) is 0. The molecule has 2 aliphatic heterocycles. The Balaban J connectivity index is 1.71. The summed E-state index contributed by atoms with van der Waals surface area (Å²) in [5.41, 5.74) is 2.68. The largest absolute Gasteiger partial charge is 0.507 e. The SMILES string of the molecule is Cc1ccc(C)c(/C(O)=C2\C(=O)C(=O)N(CCCN3CCOCC3)C2c2cccc(F)c2)c1. The molecule has 1 atom stereocenters. The van der Waals surface area contributed by atoms with Gasteiger partial charge in [0.15, 0.2) is 0 Å². The van der Waals surface area contributed by atoms with Gasteiger partial charge < -0.3 is 14.7 Å². The maximum absolute atomic E-state index is 14.1. The third-order valence-electron chi connectivity index (χ3n) is 6.33. The van der Waals surface area contributed by atoms with Crippen molar-refractivity contribution in [3.63, 3.8) is 0 Å². The molecule has 4 rings (SSSR count). The minimum Gasteiger partial charge on any atom is -0.507 e. The quantitative estimate of drug-likeness (QED) is 0.412. The highest BCUT2D eigenvalue weighted by atomic mass is 19.1. The summed E-state index contributed by atoms with van der Waals surface area (Å²) in [6, 6.07) is 10.6. The van der Waals surface area contributed by atoms with E-state index in [4.69, 9.17) is 4.74 Å². The lowest BCUT2D eigenvalue weighted by Gasteiger charge is -2.29. The summed E-state index contributed by atoms with van der Waals surface area (Å²) in [5.74, 6) is -2.09. The maximum atomic E-state index is 14.1. The number of Topliss-reactive ketones (excluding diaryl/α,β-unsaturated/α-hetero) is 1. The predicted molar refractivity (Wildman–Crippen MR) is 123 cm³/mol. The van der Waals surface area contributed by atoms with Crippen molar-refractivity contribution in [3.05, 3.63) is 76.1 Å². The number of aliphatic hydroxyl groups is 1. The minimum absolute atomic E-state index is 0.00525. The molecule has 6 nitrogen and oxygen atoms in total. The molecule has 2 aliphatic rings.